The molecule has 2 N–H and O–H groups in total. The fraction of sp³-hybridized carbons (Fsp3) is 0.438. The normalized spacial score (nSPS) is 11.5. The molecule has 1 heterocycles. The second kappa shape index (κ2) is 6.18. The van der Waals surface area contributed by atoms with Crippen LogP contribution in [0.3, 0.4) is 0 Å². The van der Waals surface area contributed by atoms with Gasteiger partial charge in [0.15, 0.2) is 5.76 Å². The van der Waals surface area contributed by atoms with Gasteiger partial charge in [-0.3, -0.25) is 0 Å². The molecule has 5 heteroatoms. The predicted molar refractivity (Wildman–Crippen MR) is 80.4 cm³/mol. The Morgan fingerprint density at radius 1 is 1.24 bits per heavy atom. The summed E-state index contributed by atoms with van der Waals surface area (Å²) in [5.41, 5.74) is 7.26. The summed E-state index contributed by atoms with van der Waals surface area (Å²) < 4.78 is 16.3. The van der Waals surface area contributed by atoms with Gasteiger partial charge >= 0.3 is 0 Å². The number of hydrogen-bond acceptors (Lipinski definition) is 5. The molecule has 0 unspecified atom stereocenters. The van der Waals surface area contributed by atoms with Gasteiger partial charge in [-0.25, -0.2) is 0 Å². The maximum Gasteiger partial charge on any atom is 0.174 e. The monoisotopic (exact) mass is 290 g/mol. The van der Waals surface area contributed by atoms with E-state index in [-0.39, 0.29) is 5.41 Å². The molecule has 0 saturated carbocycles. The average Bonchev–Trinajstić information content (AvgIpc) is 2.92. The Kier molecular flexibility index (Phi) is 4.53. The van der Waals surface area contributed by atoms with Crippen molar-refractivity contribution in [2.45, 2.75) is 39.3 Å². The lowest BCUT2D eigenvalue weighted by Gasteiger charge is -2.23. The molecule has 114 valence electrons. The van der Waals surface area contributed by atoms with Crippen molar-refractivity contribution in [2.75, 3.05) is 7.11 Å². The molecule has 5 nitrogen and oxygen atoms in total. The first-order valence-electron chi connectivity index (χ1n) is 6.90. The lowest BCUT2D eigenvalue weighted by molar-refractivity contribution is 0.243. The zero-order valence-corrected chi connectivity index (χ0v) is 13.0. The summed E-state index contributed by atoms with van der Waals surface area (Å²) >= 11 is 0. The first-order valence-corrected chi connectivity index (χ1v) is 6.90. The van der Waals surface area contributed by atoms with Gasteiger partial charge in [-0.2, -0.15) is 0 Å². The van der Waals surface area contributed by atoms with Crippen molar-refractivity contribution < 1.29 is 14.0 Å². The third-order valence-corrected chi connectivity index (χ3v) is 3.18. The summed E-state index contributed by atoms with van der Waals surface area (Å²) in [7, 11) is 1.66. The molecule has 2 rings (SSSR count). The molecule has 0 bridgehead atoms. The van der Waals surface area contributed by atoms with Crippen molar-refractivity contribution in [3.05, 3.63) is 41.3 Å². The highest BCUT2D eigenvalue weighted by Gasteiger charge is 2.20. The van der Waals surface area contributed by atoms with E-state index >= 15 is 0 Å². The van der Waals surface area contributed by atoms with Gasteiger partial charge in [-0.1, -0.05) is 25.9 Å². The van der Waals surface area contributed by atoms with Crippen LogP contribution in [-0.4, -0.2) is 12.3 Å². The highest BCUT2D eigenvalue weighted by atomic mass is 16.5. The zero-order chi connectivity index (χ0) is 15.5. The first kappa shape index (κ1) is 15.4. The van der Waals surface area contributed by atoms with Crippen LogP contribution in [0, 0.1) is 0 Å². The van der Waals surface area contributed by atoms with Crippen LogP contribution in [0.5, 0.6) is 11.5 Å². The Hall–Kier alpha value is -2.01. The van der Waals surface area contributed by atoms with Crippen LogP contribution >= 0.6 is 0 Å². The Morgan fingerprint density at radius 3 is 2.57 bits per heavy atom. The van der Waals surface area contributed by atoms with E-state index < -0.39 is 0 Å². The molecular formula is C16H22N2O3. The highest BCUT2D eigenvalue weighted by Crippen LogP contribution is 2.34. The van der Waals surface area contributed by atoms with Gasteiger partial charge in [-0.05, 0) is 23.6 Å². The van der Waals surface area contributed by atoms with Crippen LogP contribution in [0.2, 0.25) is 0 Å². The molecule has 0 aliphatic carbocycles. The predicted octanol–water partition coefficient (Wildman–Crippen LogP) is 3.02. The quantitative estimate of drug-likeness (QED) is 0.916. The van der Waals surface area contributed by atoms with Crippen molar-refractivity contribution in [1.82, 2.24) is 5.16 Å². The van der Waals surface area contributed by atoms with Crippen LogP contribution in [-0.2, 0) is 18.6 Å². The number of nitrogens with two attached hydrogens (primary N) is 1. The number of ether oxygens (including phenoxy) is 2. The smallest absolute Gasteiger partial charge is 0.174 e. The average molecular weight is 290 g/mol. The summed E-state index contributed by atoms with van der Waals surface area (Å²) in [5, 5.41) is 3.85. The Labute approximate surface area is 125 Å². The zero-order valence-electron chi connectivity index (χ0n) is 13.0. The van der Waals surface area contributed by atoms with Gasteiger partial charge in [0, 0.05) is 18.2 Å². The van der Waals surface area contributed by atoms with Crippen molar-refractivity contribution in [2.24, 2.45) is 5.73 Å². The molecule has 1 aromatic carbocycles. The molecule has 0 aliphatic rings. The van der Waals surface area contributed by atoms with Crippen molar-refractivity contribution in [1.29, 1.82) is 0 Å². The molecule has 21 heavy (non-hydrogen) atoms. The fourth-order valence-corrected chi connectivity index (χ4v) is 2.02. The van der Waals surface area contributed by atoms with Gasteiger partial charge in [-0.15, -0.1) is 0 Å². The Balaban J connectivity index is 2.19. The van der Waals surface area contributed by atoms with E-state index in [0.717, 1.165) is 22.8 Å². The van der Waals surface area contributed by atoms with Gasteiger partial charge in [0.05, 0.1) is 12.8 Å². The summed E-state index contributed by atoms with van der Waals surface area (Å²) in [4.78, 5) is 0. The van der Waals surface area contributed by atoms with Crippen LogP contribution in [0.25, 0.3) is 0 Å². The number of rotatable bonds is 5. The fourth-order valence-electron chi connectivity index (χ4n) is 2.02. The van der Waals surface area contributed by atoms with E-state index in [1.54, 1.807) is 13.2 Å². The summed E-state index contributed by atoms with van der Waals surface area (Å²) in [6.07, 6.45) is 0. The van der Waals surface area contributed by atoms with Gasteiger partial charge in [0.25, 0.3) is 0 Å². The molecule has 0 saturated heterocycles. The molecule has 0 atom stereocenters. The highest BCUT2D eigenvalue weighted by molar-refractivity contribution is 5.44. The minimum atomic E-state index is -0.0479. The van der Waals surface area contributed by atoms with Crippen LogP contribution in [0.15, 0.2) is 28.8 Å². The van der Waals surface area contributed by atoms with Crippen molar-refractivity contribution >= 4 is 0 Å². The minimum Gasteiger partial charge on any atom is -0.497 e. The molecule has 0 amide bonds. The second-order valence-electron chi connectivity index (χ2n) is 5.89. The van der Waals surface area contributed by atoms with Gasteiger partial charge in [0.1, 0.15) is 18.1 Å². The number of hydrogen-bond donors (Lipinski definition) is 1. The number of methoxy groups -OCH3 is 1. The maximum atomic E-state index is 5.88. The number of nitrogens with zero attached hydrogens (tertiary/aromatic N) is 1. The van der Waals surface area contributed by atoms with Crippen molar-refractivity contribution in [3.63, 3.8) is 0 Å². The standard InChI is InChI=1S/C16H22N2O3/c1-16(2,3)14-8-12(19-4)5-6-15(14)20-10-13-7-11(9-17)18-21-13/h5-8H,9-10,17H2,1-4H3. The van der Waals surface area contributed by atoms with Crippen LogP contribution in [0.4, 0.5) is 0 Å². The van der Waals surface area contributed by atoms with E-state index in [2.05, 4.69) is 25.9 Å². The Bertz CT molecular complexity index is 600. The summed E-state index contributed by atoms with van der Waals surface area (Å²) in [5.74, 6) is 2.29. The molecule has 0 radical (unpaired) electrons. The third-order valence-electron chi connectivity index (χ3n) is 3.18. The molecule has 0 fully saturated rings. The van der Waals surface area contributed by atoms with E-state index in [4.69, 9.17) is 19.7 Å². The van der Waals surface area contributed by atoms with E-state index in [1.165, 1.54) is 0 Å². The molecule has 2 aromatic rings. The molecule has 0 spiro atoms. The topological polar surface area (TPSA) is 70.5 Å². The van der Waals surface area contributed by atoms with Gasteiger partial charge < -0.3 is 19.7 Å². The Morgan fingerprint density at radius 2 is 2.00 bits per heavy atom. The lowest BCUT2D eigenvalue weighted by Crippen LogP contribution is -2.13. The second-order valence-corrected chi connectivity index (χ2v) is 5.89. The molecule has 0 aliphatic heterocycles. The lowest BCUT2D eigenvalue weighted by atomic mass is 9.86. The van der Waals surface area contributed by atoms with Crippen LogP contribution in [0.1, 0.15) is 37.8 Å². The number of benzene rings is 1. The summed E-state index contributed by atoms with van der Waals surface area (Å²) in [6, 6.07) is 7.61. The van der Waals surface area contributed by atoms with E-state index in [9.17, 15) is 0 Å². The summed E-state index contributed by atoms with van der Waals surface area (Å²) in [6.45, 7) is 7.09. The SMILES string of the molecule is COc1ccc(OCc2cc(CN)no2)c(C(C)(C)C)c1. The van der Waals surface area contributed by atoms with Gasteiger partial charge in [0.2, 0.25) is 0 Å². The maximum absolute atomic E-state index is 5.88. The molecule has 1 aromatic heterocycles. The molecular weight excluding hydrogens is 268 g/mol. The third kappa shape index (κ3) is 3.76. The minimum absolute atomic E-state index is 0.0479. The van der Waals surface area contributed by atoms with E-state index in [0.29, 0.717) is 18.9 Å². The first-order chi connectivity index (χ1) is 9.94. The van der Waals surface area contributed by atoms with Crippen LogP contribution < -0.4 is 15.2 Å². The van der Waals surface area contributed by atoms with Crippen molar-refractivity contribution in [3.8, 4) is 11.5 Å². The van der Waals surface area contributed by atoms with E-state index in [1.807, 2.05) is 18.2 Å². The number of aromatic nitrogens is 1. The largest absolute Gasteiger partial charge is 0.497 e.